The summed E-state index contributed by atoms with van der Waals surface area (Å²) in [6.45, 7) is 3.29. The van der Waals surface area contributed by atoms with E-state index in [9.17, 15) is 9.59 Å². The van der Waals surface area contributed by atoms with Crippen LogP contribution in [0.4, 0.5) is 0 Å². The quantitative estimate of drug-likeness (QED) is 0.751. The molecule has 8 nitrogen and oxygen atoms in total. The molecular weight excluding hydrogens is 344 g/mol. The number of pyridine rings is 1. The number of fused-ring (bicyclic) bond motifs is 1. The monoisotopic (exact) mass is 364 g/mol. The van der Waals surface area contributed by atoms with E-state index < -0.39 is 0 Å². The molecular formula is C19H20N6O2. The van der Waals surface area contributed by atoms with Crippen molar-refractivity contribution in [2.45, 2.75) is 26.4 Å². The maximum atomic E-state index is 12.8. The van der Waals surface area contributed by atoms with E-state index in [0.717, 1.165) is 5.56 Å². The molecule has 1 N–H and O–H groups in total. The molecule has 3 aromatic rings. The van der Waals surface area contributed by atoms with Crippen molar-refractivity contribution in [1.29, 1.82) is 0 Å². The summed E-state index contributed by atoms with van der Waals surface area (Å²) in [5.41, 5.74) is 1.98. The van der Waals surface area contributed by atoms with Crippen molar-refractivity contribution in [2.24, 2.45) is 5.92 Å². The standard InChI is InChI=1S/C19H20N6O2/c1-13(11-25-9-2-6-21-25)19(27)24-10-5-15-16(12-24)22-17(23-18(15)26)14-3-7-20-8-4-14/h2-4,6-9,13H,5,10-12H2,1H3,(H,22,23,26). The Bertz CT molecular complexity index is 997. The van der Waals surface area contributed by atoms with E-state index >= 15 is 0 Å². The Hall–Kier alpha value is -3.29. The predicted octanol–water partition coefficient (Wildman–Crippen LogP) is 1.25. The molecule has 0 aliphatic carbocycles. The van der Waals surface area contributed by atoms with Gasteiger partial charge in [-0.25, -0.2) is 4.98 Å². The minimum Gasteiger partial charge on any atom is -0.336 e. The van der Waals surface area contributed by atoms with Gasteiger partial charge < -0.3 is 9.88 Å². The molecule has 8 heteroatoms. The fraction of sp³-hybridized carbons (Fsp3) is 0.316. The van der Waals surface area contributed by atoms with Crippen LogP contribution in [0.3, 0.4) is 0 Å². The normalized spacial score (nSPS) is 14.6. The maximum absolute atomic E-state index is 12.8. The van der Waals surface area contributed by atoms with Gasteiger partial charge in [0.1, 0.15) is 5.82 Å². The van der Waals surface area contributed by atoms with E-state index in [4.69, 9.17) is 0 Å². The number of rotatable bonds is 4. The number of hydrogen-bond acceptors (Lipinski definition) is 5. The van der Waals surface area contributed by atoms with Gasteiger partial charge in [-0.15, -0.1) is 0 Å². The second-order valence-electron chi connectivity index (χ2n) is 6.71. The lowest BCUT2D eigenvalue weighted by Gasteiger charge is -2.30. The highest BCUT2D eigenvalue weighted by molar-refractivity contribution is 5.78. The lowest BCUT2D eigenvalue weighted by atomic mass is 10.0. The molecule has 138 valence electrons. The first-order valence-electron chi connectivity index (χ1n) is 8.90. The van der Waals surface area contributed by atoms with Crippen molar-refractivity contribution in [2.75, 3.05) is 6.54 Å². The Morgan fingerprint density at radius 2 is 2.11 bits per heavy atom. The highest BCUT2D eigenvalue weighted by Crippen LogP contribution is 2.20. The molecule has 4 rings (SSSR count). The third kappa shape index (κ3) is 3.51. The van der Waals surface area contributed by atoms with E-state index in [1.807, 2.05) is 19.2 Å². The SMILES string of the molecule is CC(Cn1cccn1)C(=O)N1CCc2c(nc(-c3ccncc3)[nH]c2=O)C1. The van der Waals surface area contributed by atoms with Gasteiger partial charge >= 0.3 is 0 Å². The molecule has 3 aromatic heterocycles. The summed E-state index contributed by atoms with van der Waals surface area (Å²) in [6, 6.07) is 5.43. The molecule has 0 saturated heterocycles. The van der Waals surface area contributed by atoms with Crippen LogP contribution in [0.5, 0.6) is 0 Å². The van der Waals surface area contributed by atoms with Crippen LogP contribution >= 0.6 is 0 Å². The highest BCUT2D eigenvalue weighted by atomic mass is 16.2. The zero-order chi connectivity index (χ0) is 18.8. The number of hydrogen-bond donors (Lipinski definition) is 1. The molecule has 1 unspecified atom stereocenters. The van der Waals surface area contributed by atoms with Crippen LogP contribution in [-0.2, 0) is 24.3 Å². The van der Waals surface area contributed by atoms with Crippen molar-refractivity contribution < 1.29 is 4.79 Å². The average Bonchev–Trinajstić information content (AvgIpc) is 3.20. The third-order valence-electron chi connectivity index (χ3n) is 4.78. The number of amides is 1. The molecule has 0 aromatic carbocycles. The first-order chi connectivity index (χ1) is 13.1. The van der Waals surface area contributed by atoms with E-state index in [2.05, 4.69) is 20.1 Å². The molecule has 0 fully saturated rings. The number of nitrogens with zero attached hydrogens (tertiary/aromatic N) is 5. The summed E-state index contributed by atoms with van der Waals surface area (Å²) in [5, 5.41) is 4.16. The average molecular weight is 364 g/mol. The van der Waals surface area contributed by atoms with Crippen LogP contribution in [-0.4, -0.2) is 42.1 Å². The first kappa shape index (κ1) is 17.1. The minimum atomic E-state index is -0.201. The Kier molecular flexibility index (Phi) is 4.53. The zero-order valence-corrected chi connectivity index (χ0v) is 15.0. The fourth-order valence-corrected chi connectivity index (χ4v) is 3.35. The fourth-order valence-electron chi connectivity index (χ4n) is 3.35. The van der Waals surface area contributed by atoms with E-state index in [1.54, 1.807) is 40.3 Å². The van der Waals surface area contributed by atoms with Crippen LogP contribution in [0.1, 0.15) is 18.2 Å². The van der Waals surface area contributed by atoms with Crippen LogP contribution in [0.15, 0.2) is 47.8 Å². The van der Waals surface area contributed by atoms with Gasteiger partial charge in [0, 0.05) is 42.5 Å². The van der Waals surface area contributed by atoms with Crippen LogP contribution < -0.4 is 5.56 Å². The van der Waals surface area contributed by atoms with Gasteiger partial charge in [0.25, 0.3) is 5.56 Å². The van der Waals surface area contributed by atoms with Gasteiger partial charge in [0.15, 0.2) is 0 Å². The van der Waals surface area contributed by atoms with E-state index in [1.165, 1.54) is 0 Å². The van der Waals surface area contributed by atoms with Gasteiger partial charge in [-0.1, -0.05) is 6.92 Å². The topological polar surface area (TPSA) is 96.8 Å². The zero-order valence-electron chi connectivity index (χ0n) is 15.0. The molecule has 1 amide bonds. The minimum absolute atomic E-state index is 0.0451. The number of carbonyl (C=O) groups excluding carboxylic acids is 1. The van der Waals surface area contributed by atoms with Gasteiger partial charge in [-0.3, -0.25) is 19.3 Å². The predicted molar refractivity (Wildman–Crippen MR) is 98.6 cm³/mol. The Balaban J connectivity index is 1.56. The van der Waals surface area contributed by atoms with Gasteiger partial charge in [0.2, 0.25) is 5.91 Å². The highest BCUT2D eigenvalue weighted by Gasteiger charge is 2.27. The molecule has 1 aliphatic rings. The van der Waals surface area contributed by atoms with Crippen LogP contribution in [0.2, 0.25) is 0 Å². The van der Waals surface area contributed by atoms with Crippen LogP contribution in [0, 0.1) is 5.92 Å². The molecule has 0 saturated carbocycles. The Morgan fingerprint density at radius 3 is 2.85 bits per heavy atom. The second-order valence-corrected chi connectivity index (χ2v) is 6.71. The van der Waals surface area contributed by atoms with Gasteiger partial charge in [0.05, 0.1) is 24.7 Å². The summed E-state index contributed by atoms with van der Waals surface area (Å²) in [4.78, 5) is 38.5. The van der Waals surface area contributed by atoms with Crippen molar-refractivity contribution in [3.05, 3.63) is 64.6 Å². The van der Waals surface area contributed by atoms with Crippen molar-refractivity contribution >= 4 is 5.91 Å². The van der Waals surface area contributed by atoms with Crippen molar-refractivity contribution in [3.8, 4) is 11.4 Å². The molecule has 4 heterocycles. The maximum Gasteiger partial charge on any atom is 0.254 e. The summed E-state index contributed by atoms with van der Waals surface area (Å²) in [6.07, 6.45) is 7.36. The molecule has 0 spiro atoms. The number of aromatic nitrogens is 5. The summed E-state index contributed by atoms with van der Waals surface area (Å²) in [7, 11) is 0. The second kappa shape index (κ2) is 7.14. The third-order valence-corrected chi connectivity index (χ3v) is 4.78. The Labute approximate surface area is 155 Å². The summed E-state index contributed by atoms with van der Waals surface area (Å²) in [5.74, 6) is 0.344. The number of carbonyl (C=O) groups is 1. The summed E-state index contributed by atoms with van der Waals surface area (Å²) < 4.78 is 1.75. The largest absolute Gasteiger partial charge is 0.336 e. The van der Waals surface area contributed by atoms with E-state index in [-0.39, 0.29) is 17.4 Å². The number of aromatic amines is 1. The lowest BCUT2D eigenvalue weighted by Crippen LogP contribution is -2.42. The van der Waals surface area contributed by atoms with Crippen molar-refractivity contribution in [3.63, 3.8) is 0 Å². The molecule has 1 atom stereocenters. The smallest absolute Gasteiger partial charge is 0.254 e. The number of nitrogens with one attached hydrogen (secondary N) is 1. The van der Waals surface area contributed by atoms with E-state index in [0.29, 0.717) is 43.1 Å². The Morgan fingerprint density at radius 1 is 1.30 bits per heavy atom. The summed E-state index contributed by atoms with van der Waals surface area (Å²) >= 11 is 0. The van der Waals surface area contributed by atoms with Gasteiger partial charge in [-0.2, -0.15) is 5.10 Å². The number of H-pyrrole nitrogens is 1. The van der Waals surface area contributed by atoms with Crippen molar-refractivity contribution in [1.82, 2.24) is 29.6 Å². The molecule has 0 bridgehead atoms. The molecule has 1 aliphatic heterocycles. The lowest BCUT2D eigenvalue weighted by molar-refractivity contribution is -0.136. The first-order valence-corrected chi connectivity index (χ1v) is 8.90. The van der Waals surface area contributed by atoms with Crippen LogP contribution in [0.25, 0.3) is 11.4 Å². The molecule has 0 radical (unpaired) electrons. The molecule has 27 heavy (non-hydrogen) atoms. The van der Waals surface area contributed by atoms with Gasteiger partial charge in [-0.05, 0) is 24.6 Å².